The number of rotatable bonds is 4. The monoisotopic (exact) mass is 331 g/mol. The van der Waals surface area contributed by atoms with Crippen LogP contribution in [0.3, 0.4) is 0 Å². The summed E-state index contributed by atoms with van der Waals surface area (Å²) in [4.78, 5) is 11.5. The number of nitroso groups, excluding NO2 is 1. The lowest BCUT2D eigenvalue weighted by Gasteiger charge is -2.48. The van der Waals surface area contributed by atoms with E-state index in [0.29, 0.717) is 23.4 Å². The number of hydrogen-bond acceptors (Lipinski definition) is 3. The van der Waals surface area contributed by atoms with Crippen molar-refractivity contribution in [2.45, 2.75) is 72.8 Å². The Hall–Kier alpha value is -1.22. The summed E-state index contributed by atoms with van der Waals surface area (Å²) in [6.45, 7) is 14.8. The molecule has 3 nitrogen and oxygen atoms in total. The van der Waals surface area contributed by atoms with E-state index in [9.17, 15) is 10.0 Å². The molecule has 0 aliphatic heterocycles. The van der Waals surface area contributed by atoms with Crippen LogP contribution in [0.15, 0.2) is 17.3 Å². The third kappa shape index (κ3) is 3.56. The first-order valence-corrected chi connectivity index (χ1v) is 9.25. The molecule has 1 aromatic carbocycles. The van der Waals surface area contributed by atoms with Crippen LogP contribution in [0.1, 0.15) is 70.1 Å². The molecular formula is C21H33NO2. The lowest BCUT2D eigenvalue weighted by Crippen LogP contribution is -2.46. The Kier molecular flexibility index (Phi) is 5.54. The van der Waals surface area contributed by atoms with Crippen LogP contribution < -0.4 is 0 Å². The summed E-state index contributed by atoms with van der Waals surface area (Å²) in [6.07, 6.45) is 1.94. The van der Waals surface area contributed by atoms with Gasteiger partial charge < -0.3 is 5.11 Å². The molecule has 1 aliphatic rings. The lowest BCUT2D eigenvalue weighted by atomic mass is 9.59. The van der Waals surface area contributed by atoms with Gasteiger partial charge in [0.25, 0.3) is 0 Å². The maximum Gasteiger partial charge on any atom is 0.114 e. The van der Waals surface area contributed by atoms with Gasteiger partial charge in [0.2, 0.25) is 0 Å². The molecule has 0 bridgehead atoms. The Bertz CT molecular complexity index is 606. The molecule has 0 saturated heterocycles. The quantitative estimate of drug-likeness (QED) is 0.701. The number of benzene rings is 1. The van der Waals surface area contributed by atoms with Gasteiger partial charge >= 0.3 is 0 Å². The number of hydrogen-bond donors (Lipinski definition) is 1. The zero-order valence-corrected chi connectivity index (χ0v) is 16.3. The van der Waals surface area contributed by atoms with Crippen molar-refractivity contribution in [3.05, 3.63) is 33.7 Å². The highest BCUT2D eigenvalue weighted by molar-refractivity contribution is 5.56. The fraction of sp³-hybridized carbons (Fsp3) is 0.714. The SMILES string of the molecule is Cc1cc(C)c(N=O)c(C(C(C)C)C2CC(C)CC(C)(O)C2C)c1. The van der Waals surface area contributed by atoms with Gasteiger partial charge in [0.15, 0.2) is 0 Å². The van der Waals surface area contributed by atoms with Crippen LogP contribution in [-0.2, 0) is 0 Å². The zero-order chi connectivity index (χ0) is 18.2. The van der Waals surface area contributed by atoms with Gasteiger partial charge in [0.1, 0.15) is 5.69 Å². The number of aryl methyl sites for hydroxylation is 2. The van der Waals surface area contributed by atoms with Gasteiger partial charge in [-0.25, -0.2) is 0 Å². The molecule has 0 spiro atoms. The van der Waals surface area contributed by atoms with Crippen LogP contribution in [0.25, 0.3) is 0 Å². The highest BCUT2D eigenvalue weighted by atomic mass is 16.3. The van der Waals surface area contributed by atoms with E-state index in [0.717, 1.165) is 24.0 Å². The second kappa shape index (κ2) is 6.95. The molecular weight excluding hydrogens is 298 g/mol. The average molecular weight is 332 g/mol. The fourth-order valence-electron chi connectivity index (χ4n) is 5.02. The fourth-order valence-corrected chi connectivity index (χ4v) is 5.02. The highest BCUT2D eigenvalue weighted by Crippen LogP contribution is 2.51. The molecule has 5 atom stereocenters. The topological polar surface area (TPSA) is 49.7 Å². The first kappa shape index (κ1) is 19.1. The molecule has 5 unspecified atom stereocenters. The molecule has 1 aromatic rings. The second-order valence-electron chi connectivity index (χ2n) is 8.74. The first-order valence-electron chi connectivity index (χ1n) is 9.25. The van der Waals surface area contributed by atoms with E-state index in [1.807, 2.05) is 19.9 Å². The predicted octanol–water partition coefficient (Wildman–Crippen LogP) is 5.87. The normalized spacial score (nSPS) is 32.0. The van der Waals surface area contributed by atoms with Crippen molar-refractivity contribution < 1.29 is 5.11 Å². The van der Waals surface area contributed by atoms with Gasteiger partial charge in [-0.2, -0.15) is 0 Å². The molecule has 0 radical (unpaired) electrons. The third-order valence-corrected chi connectivity index (χ3v) is 6.16. The van der Waals surface area contributed by atoms with E-state index >= 15 is 0 Å². The summed E-state index contributed by atoms with van der Waals surface area (Å²) < 4.78 is 0. The van der Waals surface area contributed by atoms with Gasteiger partial charge in [-0.05, 0) is 79.5 Å². The smallest absolute Gasteiger partial charge is 0.114 e. The maximum absolute atomic E-state index is 11.5. The van der Waals surface area contributed by atoms with Crippen molar-refractivity contribution in [3.8, 4) is 0 Å². The Morgan fingerprint density at radius 3 is 2.42 bits per heavy atom. The second-order valence-corrected chi connectivity index (χ2v) is 8.74. The van der Waals surface area contributed by atoms with Crippen molar-refractivity contribution in [1.29, 1.82) is 0 Å². The summed E-state index contributed by atoms with van der Waals surface area (Å²) in [5.74, 6) is 1.66. The minimum atomic E-state index is -0.650. The summed E-state index contributed by atoms with van der Waals surface area (Å²) in [5.41, 5.74) is 3.14. The van der Waals surface area contributed by atoms with Gasteiger partial charge in [-0.15, -0.1) is 4.91 Å². The van der Waals surface area contributed by atoms with Crippen LogP contribution in [0.4, 0.5) is 5.69 Å². The molecule has 3 heteroatoms. The zero-order valence-electron chi connectivity index (χ0n) is 16.3. The molecule has 0 aromatic heterocycles. The molecule has 1 aliphatic carbocycles. The van der Waals surface area contributed by atoms with Gasteiger partial charge in [0.05, 0.1) is 5.60 Å². The number of aliphatic hydroxyl groups is 1. The first-order chi connectivity index (χ1) is 11.1. The predicted molar refractivity (Wildman–Crippen MR) is 101 cm³/mol. The molecule has 2 rings (SSSR count). The lowest BCUT2D eigenvalue weighted by molar-refractivity contribution is -0.0775. The Morgan fingerprint density at radius 2 is 1.88 bits per heavy atom. The van der Waals surface area contributed by atoms with Crippen molar-refractivity contribution >= 4 is 5.69 Å². The number of nitrogens with zero attached hydrogens (tertiary/aromatic N) is 1. The summed E-state index contributed by atoms with van der Waals surface area (Å²) in [6, 6.07) is 4.16. The van der Waals surface area contributed by atoms with E-state index < -0.39 is 5.60 Å². The molecule has 1 fully saturated rings. The molecule has 24 heavy (non-hydrogen) atoms. The summed E-state index contributed by atoms with van der Waals surface area (Å²) in [5, 5.41) is 14.3. The summed E-state index contributed by atoms with van der Waals surface area (Å²) >= 11 is 0. The van der Waals surface area contributed by atoms with Gasteiger partial charge in [0, 0.05) is 0 Å². The van der Waals surface area contributed by atoms with Crippen molar-refractivity contribution in [2.24, 2.45) is 28.8 Å². The van der Waals surface area contributed by atoms with E-state index in [4.69, 9.17) is 0 Å². The van der Waals surface area contributed by atoms with Crippen LogP contribution in [0.2, 0.25) is 0 Å². The average Bonchev–Trinajstić information content (AvgIpc) is 2.43. The van der Waals surface area contributed by atoms with Crippen LogP contribution in [-0.4, -0.2) is 10.7 Å². The Morgan fingerprint density at radius 1 is 1.25 bits per heavy atom. The standard InChI is InChI=1S/C21H33NO2/c1-12(2)19(17-10-14(4)11-21(7,23)16(17)6)18-9-13(3)8-15(5)20(18)22-24/h8-9,12,14,16-17,19,23H,10-11H2,1-7H3. The largest absolute Gasteiger partial charge is 0.390 e. The van der Waals surface area contributed by atoms with Gasteiger partial charge in [-0.3, -0.25) is 0 Å². The molecule has 1 N–H and O–H groups in total. The molecule has 1 saturated carbocycles. The Labute approximate surface area is 146 Å². The van der Waals surface area contributed by atoms with E-state index in [1.54, 1.807) is 0 Å². The maximum atomic E-state index is 11.5. The van der Waals surface area contributed by atoms with Crippen molar-refractivity contribution in [2.75, 3.05) is 0 Å². The van der Waals surface area contributed by atoms with Crippen molar-refractivity contribution in [3.63, 3.8) is 0 Å². The minimum absolute atomic E-state index is 0.196. The van der Waals surface area contributed by atoms with Crippen LogP contribution in [0, 0.1) is 42.4 Å². The highest BCUT2D eigenvalue weighted by Gasteiger charge is 2.45. The van der Waals surface area contributed by atoms with E-state index in [-0.39, 0.29) is 11.8 Å². The third-order valence-electron chi connectivity index (χ3n) is 6.16. The van der Waals surface area contributed by atoms with E-state index in [2.05, 4.69) is 45.9 Å². The molecule has 0 amide bonds. The molecule has 134 valence electrons. The summed E-state index contributed by atoms with van der Waals surface area (Å²) in [7, 11) is 0. The minimum Gasteiger partial charge on any atom is -0.390 e. The Balaban J connectivity index is 2.57. The molecule has 0 heterocycles. The van der Waals surface area contributed by atoms with E-state index in [1.165, 1.54) is 5.56 Å². The van der Waals surface area contributed by atoms with Crippen molar-refractivity contribution in [1.82, 2.24) is 0 Å². The van der Waals surface area contributed by atoms with Crippen LogP contribution >= 0.6 is 0 Å². The van der Waals surface area contributed by atoms with Crippen LogP contribution in [0.5, 0.6) is 0 Å². The van der Waals surface area contributed by atoms with Gasteiger partial charge in [-0.1, -0.05) is 45.4 Å².